The third-order valence-electron chi connectivity index (χ3n) is 10.4. The molecule has 7 aromatic rings. The largest absolute Gasteiger partial charge is 0.456 e. The predicted octanol–water partition coefficient (Wildman–Crippen LogP) is 11.7. The highest BCUT2D eigenvalue weighted by molar-refractivity contribution is 5.97. The van der Waals surface area contributed by atoms with Crippen molar-refractivity contribution in [3.05, 3.63) is 203 Å². The molecule has 9 rings (SSSR count). The first-order chi connectivity index (χ1) is 25.5. The maximum atomic E-state index is 13.5. The van der Waals surface area contributed by atoms with Crippen molar-refractivity contribution in [2.45, 2.75) is 26.4 Å². The van der Waals surface area contributed by atoms with Crippen LogP contribution < -0.4 is 14.8 Å². The first-order valence-electron chi connectivity index (χ1n) is 17.6. The second-order valence-corrected chi connectivity index (χ2v) is 13.4. The van der Waals surface area contributed by atoms with Crippen LogP contribution in [0.3, 0.4) is 0 Å². The van der Waals surface area contributed by atoms with Gasteiger partial charge in [-0.15, -0.1) is 0 Å². The molecule has 0 radical (unpaired) electrons. The molecule has 2 aliphatic heterocycles. The number of ether oxygens (including phenoxy) is 2. The fraction of sp³-hybridized carbons (Fsp3) is 0.0851. The predicted molar refractivity (Wildman–Crippen MR) is 208 cm³/mol. The van der Waals surface area contributed by atoms with Crippen LogP contribution in [0.1, 0.15) is 43.7 Å². The zero-order valence-electron chi connectivity index (χ0n) is 29.2. The van der Waals surface area contributed by atoms with Crippen LogP contribution in [0.2, 0.25) is 0 Å². The van der Waals surface area contributed by atoms with Gasteiger partial charge in [-0.05, 0) is 91.1 Å². The Morgan fingerprint density at radius 1 is 0.481 bits per heavy atom. The van der Waals surface area contributed by atoms with E-state index in [-0.39, 0.29) is 5.97 Å². The minimum absolute atomic E-state index is 0.345. The number of hydrazine groups is 1. The van der Waals surface area contributed by atoms with Gasteiger partial charge in [-0.25, -0.2) is 14.8 Å². The van der Waals surface area contributed by atoms with Gasteiger partial charge in [-0.1, -0.05) is 115 Å². The van der Waals surface area contributed by atoms with Crippen LogP contribution in [-0.4, -0.2) is 5.97 Å². The van der Waals surface area contributed by atoms with Gasteiger partial charge < -0.3 is 9.47 Å². The van der Waals surface area contributed by atoms with Crippen LogP contribution in [0.4, 0.5) is 22.7 Å². The highest BCUT2D eigenvalue weighted by Gasteiger charge is 2.53. The first kappa shape index (κ1) is 31.4. The van der Waals surface area contributed by atoms with E-state index in [0.717, 1.165) is 67.3 Å². The van der Waals surface area contributed by atoms with E-state index in [2.05, 4.69) is 140 Å². The molecule has 0 N–H and O–H groups in total. The summed E-state index contributed by atoms with van der Waals surface area (Å²) in [5.74, 6) is 0.930. The number of benzene rings is 7. The number of anilines is 4. The minimum Gasteiger partial charge on any atom is -0.456 e. The lowest BCUT2D eigenvalue weighted by atomic mass is 9.77. The standard InChI is InChI=1S/C47H36N2O3/c1-31-16-7-12-24-41(31)49(42-25-13-8-17-32(42)2)48(43-26-15-21-36(33(43)3)34-18-5-4-6-19-34)35-28-29-40-45(30-35)51-44-27-14-11-23-39(44)47(40)38-22-10-9-20-37(38)46(50)52-47/h4-30H,1-3H3. The summed E-state index contributed by atoms with van der Waals surface area (Å²) in [7, 11) is 0. The van der Waals surface area contributed by atoms with Gasteiger partial charge in [0.15, 0.2) is 5.60 Å². The normalized spacial score (nSPS) is 15.2. The third kappa shape index (κ3) is 4.81. The van der Waals surface area contributed by atoms with E-state index in [4.69, 9.17) is 9.47 Å². The summed E-state index contributed by atoms with van der Waals surface area (Å²) in [4.78, 5) is 13.5. The van der Waals surface area contributed by atoms with Crippen LogP contribution in [0, 0.1) is 20.8 Å². The van der Waals surface area contributed by atoms with Gasteiger partial charge in [0.2, 0.25) is 0 Å². The maximum absolute atomic E-state index is 13.5. The Balaban J connectivity index is 1.32. The zero-order chi connectivity index (χ0) is 35.4. The average Bonchev–Trinajstić information content (AvgIpc) is 3.47. The van der Waals surface area contributed by atoms with Crippen LogP contribution in [-0.2, 0) is 10.3 Å². The van der Waals surface area contributed by atoms with Crippen molar-refractivity contribution in [3.63, 3.8) is 0 Å². The molecule has 0 amide bonds. The van der Waals surface area contributed by atoms with E-state index in [1.807, 2.05) is 54.6 Å². The Morgan fingerprint density at radius 3 is 1.79 bits per heavy atom. The molecule has 2 heterocycles. The molecular weight excluding hydrogens is 641 g/mol. The lowest BCUT2D eigenvalue weighted by Gasteiger charge is -2.42. The number of carbonyl (C=O) groups is 1. The van der Waals surface area contributed by atoms with Crippen LogP contribution >= 0.6 is 0 Å². The van der Waals surface area contributed by atoms with Gasteiger partial charge >= 0.3 is 5.97 Å². The Morgan fingerprint density at radius 2 is 1.06 bits per heavy atom. The summed E-state index contributed by atoms with van der Waals surface area (Å²) in [6, 6.07) is 55.7. The summed E-state index contributed by atoms with van der Waals surface area (Å²) in [5, 5.41) is 4.60. The van der Waals surface area contributed by atoms with Gasteiger partial charge in [0.05, 0.1) is 28.3 Å². The summed E-state index contributed by atoms with van der Waals surface area (Å²) in [6.07, 6.45) is 0. The van der Waals surface area contributed by atoms with E-state index in [1.54, 1.807) is 0 Å². The summed E-state index contributed by atoms with van der Waals surface area (Å²) in [6.45, 7) is 6.48. The van der Waals surface area contributed by atoms with E-state index in [1.165, 1.54) is 0 Å². The van der Waals surface area contributed by atoms with Gasteiger partial charge in [-0.2, -0.15) is 0 Å². The summed E-state index contributed by atoms with van der Waals surface area (Å²) < 4.78 is 13.2. The smallest absolute Gasteiger partial charge is 0.340 e. The van der Waals surface area contributed by atoms with Crippen LogP contribution in [0.5, 0.6) is 11.5 Å². The zero-order valence-corrected chi connectivity index (χ0v) is 29.2. The Hall–Kier alpha value is -6.59. The van der Waals surface area contributed by atoms with E-state index >= 15 is 0 Å². The molecule has 2 aliphatic rings. The van der Waals surface area contributed by atoms with Gasteiger partial charge in [-0.3, -0.25) is 0 Å². The van der Waals surface area contributed by atoms with Crippen molar-refractivity contribution in [1.29, 1.82) is 0 Å². The van der Waals surface area contributed by atoms with E-state index in [0.29, 0.717) is 17.1 Å². The van der Waals surface area contributed by atoms with E-state index in [9.17, 15) is 4.79 Å². The molecule has 0 saturated heterocycles. The topological polar surface area (TPSA) is 42.0 Å². The molecule has 7 aromatic carbocycles. The molecular formula is C47H36N2O3. The number of fused-ring (bicyclic) bond motifs is 6. The van der Waals surface area contributed by atoms with Crippen molar-refractivity contribution in [1.82, 2.24) is 0 Å². The quantitative estimate of drug-likeness (QED) is 0.130. The first-order valence-corrected chi connectivity index (χ1v) is 17.6. The molecule has 0 bridgehead atoms. The lowest BCUT2D eigenvalue weighted by Crippen LogP contribution is -2.38. The molecule has 1 atom stereocenters. The Bertz CT molecular complexity index is 2460. The molecule has 0 saturated carbocycles. The van der Waals surface area contributed by atoms with Crippen molar-refractivity contribution in [3.8, 4) is 22.6 Å². The molecule has 0 fully saturated rings. The second-order valence-electron chi connectivity index (χ2n) is 13.4. The van der Waals surface area contributed by atoms with Crippen molar-refractivity contribution in [2.24, 2.45) is 0 Å². The van der Waals surface area contributed by atoms with Crippen molar-refractivity contribution >= 4 is 28.7 Å². The maximum Gasteiger partial charge on any atom is 0.340 e. The van der Waals surface area contributed by atoms with Crippen molar-refractivity contribution in [2.75, 3.05) is 10.0 Å². The fourth-order valence-corrected chi connectivity index (χ4v) is 7.84. The number of para-hydroxylation sites is 3. The van der Waals surface area contributed by atoms with Crippen LogP contribution in [0.25, 0.3) is 11.1 Å². The fourth-order valence-electron chi connectivity index (χ4n) is 7.84. The number of hydrogen-bond acceptors (Lipinski definition) is 5. The summed E-state index contributed by atoms with van der Waals surface area (Å²) in [5.41, 5.74) is 11.5. The molecule has 52 heavy (non-hydrogen) atoms. The number of carbonyl (C=O) groups excluding carboxylic acids is 1. The SMILES string of the molecule is Cc1ccccc1N(c1ccccc1C)N(c1ccc2c(c1)Oc1ccccc1C21OC(=O)c2ccccc21)c1cccc(-c2ccccc2)c1C. The monoisotopic (exact) mass is 676 g/mol. The molecule has 1 spiro atoms. The van der Waals surface area contributed by atoms with Gasteiger partial charge in [0.1, 0.15) is 11.5 Å². The minimum atomic E-state index is -1.14. The Labute approximate surface area is 303 Å². The van der Waals surface area contributed by atoms with Gasteiger partial charge in [0, 0.05) is 22.8 Å². The molecule has 0 aromatic heterocycles. The average molecular weight is 677 g/mol. The highest BCUT2D eigenvalue weighted by Crippen LogP contribution is 2.57. The van der Waals surface area contributed by atoms with E-state index < -0.39 is 5.60 Å². The Kier molecular flexibility index (Phi) is 7.44. The molecule has 5 heteroatoms. The summed E-state index contributed by atoms with van der Waals surface area (Å²) >= 11 is 0. The number of hydrogen-bond donors (Lipinski definition) is 0. The molecule has 0 aliphatic carbocycles. The van der Waals surface area contributed by atoms with Gasteiger partial charge in [0.25, 0.3) is 0 Å². The number of aryl methyl sites for hydroxylation is 2. The molecule has 252 valence electrons. The van der Waals surface area contributed by atoms with Crippen molar-refractivity contribution < 1.29 is 14.3 Å². The lowest BCUT2D eigenvalue weighted by molar-refractivity contribution is 0.0224. The number of rotatable bonds is 6. The molecule has 1 unspecified atom stereocenters. The third-order valence-corrected chi connectivity index (χ3v) is 10.4. The molecule has 5 nitrogen and oxygen atoms in total. The number of nitrogens with zero attached hydrogens (tertiary/aromatic N) is 2. The highest BCUT2D eigenvalue weighted by atomic mass is 16.6. The van der Waals surface area contributed by atoms with Crippen LogP contribution in [0.15, 0.2) is 164 Å². The number of esters is 1. The second kappa shape index (κ2) is 12.3.